The highest BCUT2D eigenvalue weighted by Crippen LogP contribution is 2.28. The summed E-state index contributed by atoms with van der Waals surface area (Å²) in [6, 6.07) is 6.90. The Hall–Kier alpha value is -2.32. The van der Waals surface area contributed by atoms with E-state index in [1.807, 2.05) is 6.07 Å². The number of carboxylic acids is 2. The number of hydrogen-bond acceptors (Lipinski definition) is 6. The fourth-order valence-corrected chi connectivity index (χ4v) is 2.86. The van der Waals surface area contributed by atoms with Gasteiger partial charge in [0.1, 0.15) is 0 Å². The van der Waals surface area contributed by atoms with Crippen molar-refractivity contribution in [1.82, 2.24) is 9.80 Å². The van der Waals surface area contributed by atoms with Gasteiger partial charge < -0.3 is 19.7 Å². The van der Waals surface area contributed by atoms with E-state index in [4.69, 9.17) is 29.3 Å². The second-order valence-corrected chi connectivity index (χ2v) is 6.37. The number of nitrogens with zero attached hydrogens (tertiary/aromatic N) is 2. The zero-order chi connectivity index (χ0) is 20.4. The summed E-state index contributed by atoms with van der Waals surface area (Å²) >= 11 is 0. The SMILES string of the molecule is CCC(C)N1CCN(Cc2ccc(OC)c(OC)c2)CC1.O=C(O)C(=O)O. The molecular formula is C19H30N2O6. The number of ether oxygens (including phenoxy) is 2. The number of carbonyl (C=O) groups is 2. The second kappa shape index (κ2) is 11.4. The van der Waals surface area contributed by atoms with Crippen LogP contribution >= 0.6 is 0 Å². The van der Waals surface area contributed by atoms with Crippen LogP contribution in [0.4, 0.5) is 0 Å². The lowest BCUT2D eigenvalue weighted by atomic mass is 10.1. The lowest BCUT2D eigenvalue weighted by Gasteiger charge is -2.37. The van der Waals surface area contributed by atoms with Crippen LogP contribution in [0.25, 0.3) is 0 Å². The maximum atomic E-state index is 9.10. The second-order valence-electron chi connectivity index (χ2n) is 6.37. The zero-order valence-electron chi connectivity index (χ0n) is 16.5. The van der Waals surface area contributed by atoms with E-state index in [1.54, 1.807) is 14.2 Å². The number of methoxy groups -OCH3 is 2. The van der Waals surface area contributed by atoms with E-state index in [2.05, 4.69) is 35.8 Å². The minimum Gasteiger partial charge on any atom is -0.493 e. The Morgan fingerprint density at radius 2 is 1.59 bits per heavy atom. The van der Waals surface area contributed by atoms with Crippen LogP contribution in [0.15, 0.2) is 18.2 Å². The molecule has 1 unspecified atom stereocenters. The summed E-state index contributed by atoms with van der Waals surface area (Å²) in [6.45, 7) is 10.2. The third kappa shape index (κ3) is 7.44. The normalized spacial score (nSPS) is 16.0. The van der Waals surface area contributed by atoms with Crippen LogP contribution in [-0.4, -0.2) is 78.4 Å². The van der Waals surface area contributed by atoms with Crippen molar-refractivity contribution in [2.75, 3.05) is 40.4 Å². The van der Waals surface area contributed by atoms with E-state index >= 15 is 0 Å². The summed E-state index contributed by atoms with van der Waals surface area (Å²) in [5.74, 6) is -2.04. The number of hydrogen-bond donors (Lipinski definition) is 2. The average molecular weight is 382 g/mol. The molecule has 0 bridgehead atoms. The van der Waals surface area contributed by atoms with Crippen molar-refractivity contribution in [2.24, 2.45) is 0 Å². The molecule has 1 aliphatic heterocycles. The van der Waals surface area contributed by atoms with Gasteiger partial charge >= 0.3 is 11.9 Å². The van der Waals surface area contributed by atoms with Crippen LogP contribution in [-0.2, 0) is 16.1 Å². The Bertz CT molecular complexity index is 602. The van der Waals surface area contributed by atoms with Crippen molar-refractivity contribution in [2.45, 2.75) is 32.9 Å². The highest BCUT2D eigenvalue weighted by Gasteiger charge is 2.20. The molecule has 8 nitrogen and oxygen atoms in total. The average Bonchev–Trinajstić information content (AvgIpc) is 2.68. The summed E-state index contributed by atoms with van der Waals surface area (Å²) in [5.41, 5.74) is 1.28. The molecule has 1 aliphatic rings. The van der Waals surface area contributed by atoms with E-state index in [1.165, 1.54) is 25.1 Å². The van der Waals surface area contributed by atoms with E-state index in [9.17, 15) is 0 Å². The molecule has 8 heteroatoms. The molecular weight excluding hydrogens is 352 g/mol. The highest BCUT2D eigenvalue weighted by molar-refractivity contribution is 6.27. The van der Waals surface area contributed by atoms with Crippen LogP contribution in [0, 0.1) is 0 Å². The van der Waals surface area contributed by atoms with Gasteiger partial charge in [0.15, 0.2) is 11.5 Å². The van der Waals surface area contributed by atoms with Gasteiger partial charge in [-0.25, -0.2) is 9.59 Å². The fourth-order valence-electron chi connectivity index (χ4n) is 2.86. The van der Waals surface area contributed by atoms with Crippen molar-refractivity contribution < 1.29 is 29.3 Å². The summed E-state index contributed by atoms with van der Waals surface area (Å²) < 4.78 is 10.7. The Labute approximate surface area is 160 Å². The molecule has 0 amide bonds. The minimum absolute atomic E-state index is 0.702. The molecule has 1 aromatic carbocycles. The van der Waals surface area contributed by atoms with Gasteiger partial charge in [0.2, 0.25) is 0 Å². The number of piperazine rings is 1. The van der Waals surface area contributed by atoms with Crippen molar-refractivity contribution in [3.63, 3.8) is 0 Å². The van der Waals surface area contributed by atoms with Gasteiger partial charge in [0.05, 0.1) is 14.2 Å². The van der Waals surface area contributed by atoms with Crippen molar-refractivity contribution in [3.05, 3.63) is 23.8 Å². The zero-order valence-corrected chi connectivity index (χ0v) is 16.5. The predicted octanol–water partition coefficient (Wildman–Crippen LogP) is 1.78. The Kier molecular flexibility index (Phi) is 9.60. The maximum Gasteiger partial charge on any atom is 0.414 e. The topological polar surface area (TPSA) is 99.5 Å². The number of benzene rings is 1. The molecule has 0 saturated carbocycles. The van der Waals surface area contributed by atoms with Gasteiger partial charge in [0, 0.05) is 38.8 Å². The van der Waals surface area contributed by atoms with E-state index in [0.717, 1.165) is 31.1 Å². The van der Waals surface area contributed by atoms with E-state index in [-0.39, 0.29) is 0 Å². The Morgan fingerprint density at radius 3 is 2.04 bits per heavy atom. The van der Waals surface area contributed by atoms with Crippen LogP contribution in [0.2, 0.25) is 0 Å². The van der Waals surface area contributed by atoms with Gasteiger partial charge in [-0.3, -0.25) is 9.80 Å². The van der Waals surface area contributed by atoms with Crippen LogP contribution in [0.5, 0.6) is 11.5 Å². The summed E-state index contributed by atoms with van der Waals surface area (Å²) in [6.07, 6.45) is 1.23. The number of rotatable bonds is 6. The third-order valence-corrected chi connectivity index (χ3v) is 4.66. The summed E-state index contributed by atoms with van der Waals surface area (Å²) in [5, 5.41) is 14.8. The predicted molar refractivity (Wildman–Crippen MR) is 101 cm³/mol. The molecule has 0 aromatic heterocycles. The first-order valence-corrected chi connectivity index (χ1v) is 8.95. The van der Waals surface area contributed by atoms with Gasteiger partial charge in [-0.1, -0.05) is 13.0 Å². The molecule has 2 N–H and O–H groups in total. The van der Waals surface area contributed by atoms with E-state index in [0.29, 0.717) is 6.04 Å². The van der Waals surface area contributed by atoms with Gasteiger partial charge in [-0.15, -0.1) is 0 Å². The van der Waals surface area contributed by atoms with Crippen molar-refractivity contribution >= 4 is 11.9 Å². The van der Waals surface area contributed by atoms with Gasteiger partial charge in [-0.2, -0.15) is 0 Å². The van der Waals surface area contributed by atoms with Gasteiger partial charge in [-0.05, 0) is 31.0 Å². The standard InChI is InChI=1S/C17H28N2O2.C2H2O4/c1-5-14(2)19-10-8-18(9-11-19)13-15-6-7-16(20-3)17(12-15)21-4;3-1(4)2(5)6/h6-7,12,14H,5,8-11,13H2,1-4H3;(H,3,4)(H,5,6). The largest absolute Gasteiger partial charge is 0.493 e. The first kappa shape index (κ1) is 22.7. The first-order valence-electron chi connectivity index (χ1n) is 8.95. The fraction of sp³-hybridized carbons (Fsp3) is 0.579. The van der Waals surface area contributed by atoms with Gasteiger partial charge in [0.25, 0.3) is 0 Å². The van der Waals surface area contributed by atoms with Crippen molar-refractivity contribution in [3.8, 4) is 11.5 Å². The molecule has 1 aromatic rings. The summed E-state index contributed by atoms with van der Waals surface area (Å²) in [4.78, 5) is 23.3. The molecule has 1 atom stereocenters. The molecule has 0 spiro atoms. The van der Waals surface area contributed by atoms with Crippen LogP contribution in [0.3, 0.4) is 0 Å². The monoisotopic (exact) mass is 382 g/mol. The molecule has 2 rings (SSSR count). The molecule has 0 aliphatic carbocycles. The number of carboxylic acid groups (broad SMARTS) is 2. The first-order chi connectivity index (χ1) is 12.8. The molecule has 1 saturated heterocycles. The Balaban J connectivity index is 0.000000527. The molecule has 152 valence electrons. The highest BCUT2D eigenvalue weighted by atomic mass is 16.5. The molecule has 0 radical (unpaired) electrons. The van der Waals surface area contributed by atoms with Crippen LogP contribution in [0.1, 0.15) is 25.8 Å². The lowest BCUT2D eigenvalue weighted by molar-refractivity contribution is -0.159. The van der Waals surface area contributed by atoms with E-state index < -0.39 is 11.9 Å². The maximum absolute atomic E-state index is 9.10. The summed E-state index contributed by atoms with van der Waals surface area (Å²) in [7, 11) is 3.36. The molecule has 1 heterocycles. The lowest BCUT2D eigenvalue weighted by Crippen LogP contribution is -2.48. The number of aliphatic carboxylic acids is 2. The minimum atomic E-state index is -1.82. The smallest absolute Gasteiger partial charge is 0.414 e. The quantitative estimate of drug-likeness (QED) is 0.718. The molecule has 1 fully saturated rings. The van der Waals surface area contributed by atoms with Crippen LogP contribution < -0.4 is 9.47 Å². The van der Waals surface area contributed by atoms with Crippen molar-refractivity contribution in [1.29, 1.82) is 0 Å². The third-order valence-electron chi connectivity index (χ3n) is 4.66. The molecule has 27 heavy (non-hydrogen) atoms. The Morgan fingerprint density at radius 1 is 1.04 bits per heavy atom.